The lowest BCUT2D eigenvalue weighted by Gasteiger charge is -2.40. The topological polar surface area (TPSA) is 12.5 Å². The normalized spacial score (nSPS) is 35.7. The monoisotopic (exact) mass is 287 g/mol. The van der Waals surface area contributed by atoms with E-state index in [0.717, 1.165) is 6.42 Å². The van der Waals surface area contributed by atoms with Crippen molar-refractivity contribution in [3.05, 3.63) is 35.4 Å². The van der Waals surface area contributed by atoms with Crippen molar-refractivity contribution in [2.45, 2.75) is 64.5 Å². The first-order chi connectivity index (χ1) is 9.94. The number of benzene rings is 1. The van der Waals surface area contributed by atoms with Gasteiger partial charge >= 0.3 is 0 Å². The van der Waals surface area contributed by atoms with E-state index >= 15 is 0 Å². The molecule has 2 nitrogen and oxygen atoms in total. The molecule has 1 heterocycles. The lowest BCUT2D eigenvalue weighted by Crippen LogP contribution is -2.43. The first-order valence-corrected chi connectivity index (χ1v) is 8.43. The fourth-order valence-electron chi connectivity index (χ4n) is 4.84. The van der Waals surface area contributed by atoms with Crippen LogP contribution in [0.3, 0.4) is 0 Å². The predicted octanol–water partition coefficient (Wildman–Crippen LogP) is 4.40. The lowest BCUT2D eigenvalue weighted by molar-refractivity contribution is -0.182. The standard InChI is InChI=1S/C19H29NO/c1-6-14-9-7-8-10-16(14)15-11-13(2)18-17(12-15)19(3,4)21-20(18)5/h7-10,13,15,17-18H,6,11-12H2,1-5H3. The van der Waals surface area contributed by atoms with Gasteiger partial charge in [0.05, 0.1) is 5.60 Å². The van der Waals surface area contributed by atoms with Crippen LogP contribution in [0.15, 0.2) is 24.3 Å². The first-order valence-electron chi connectivity index (χ1n) is 8.43. The summed E-state index contributed by atoms with van der Waals surface area (Å²) in [6.45, 7) is 9.19. The molecule has 116 valence electrons. The van der Waals surface area contributed by atoms with Gasteiger partial charge in [-0.15, -0.1) is 0 Å². The van der Waals surface area contributed by atoms with Gasteiger partial charge in [0.25, 0.3) is 0 Å². The van der Waals surface area contributed by atoms with Crippen molar-refractivity contribution in [1.29, 1.82) is 0 Å². The van der Waals surface area contributed by atoms with Gasteiger partial charge in [-0.25, -0.2) is 0 Å². The van der Waals surface area contributed by atoms with Crippen LogP contribution in [0.2, 0.25) is 0 Å². The van der Waals surface area contributed by atoms with Crippen LogP contribution in [0.25, 0.3) is 0 Å². The summed E-state index contributed by atoms with van der Waals surface area (Å²) in [5, 5.41) is 2.14. The van der Waals surface area contributed by atoms with Crippen LogP contribution >= 0.6 is 0 Å². The second-order valence-electron chi connectivity index (χ2n) is 7.54. The molecule has 2 heteroatoms. The molecule has 1 aliphatic carbocycles. The Morgan fingerprint density at radius 3 is 2.67 bits per heavy atom. The molecule has 3 rings (SSSR count). The van der Waals surface area contributed by atoms with Gasteiger partial charge in [0, 0.05) is 19.0 Å². The number of hydrogen-bond acceptors (Lipinski definition) is 2. The van der Waals surface area contributed by atoms with Crippen molar-refractivity contribution in [2.24, 2.45) is 11.8 Å². The minimum absolute atomic E-state index is 0.0342. The molecule has 0 bridgehead atoms. The summed E-state index contributed by atoms with van der Waals surface area (Å²) in [5.74, 6) is 2.00. The van der Waals surface area contributed by atoms with E-state index in [1.807, 2.05) is 0 Å². The highest BCUT2D eigenvalue weighted by Crippen LogP contribution is 2.50. The molecule has 4 atom stereocenters. The maximum atomic E-state index is 6.14. The highest BCUT2D eigenvalue weighted by atomic mass is 16.7. The highest BCUT2D eigenvalue weighted by molar-refractivity contribution is 5.31. The third-order valence-electron chi connectivity index (χ3n) is 5.76. The van der Waals surface area contributed by atoms with Crippen molar-refractivity contribution < 1.29 is 4.84 Å². The summed E-state index contributed by atoms with van der Waals surface area (Å²) in [5.41, 5.74) is 3.07. The molecule has 4 unspecified atom stereocenters. The molecular formula is C19H29NO. The Labute approximate surface area is 129 Å². The number of aryl methyl sites for hydroxylation is 1. The van der Waals surface area contributed by atoms with E-state index in [-0.39, 0.29) is 5.60 Å². The predicted molar refractivity (Wildman–Crippen MR) is 87.2 cm³/mol. The second-order valence-corrected chi connectivity index (χ2v) is 7.54. The Morgan fingerprint density at radius 2 is 1.95 bits per heavy atom. The molecule has 1 saturated heterocycles. The highest BCUT2D eigenvalue weighted by Gasteiger charge is 2.52. The van der Waals surface area contributed by atoms with Crippen LogP contribution in [-0.4, -0.2) is 23.8 Å². The van der Waals surface area contributed by atoms with Crippen molar-refractivity contribution in [1.82, 2.24) is 5.06 Å². The zero-order chi connectivity index (χ0) is 15.2. The van der Waals surface area contributed by atoms with E-state index in [0.29, 0.717) is 23.8 Å². The second kappa shape index (κ2) is 5.40. The zero-order valence-corrected chi connectivity index (χ0v) is 14.1. The fraction of sp³-hybridized carbons (Fsp3) is 0.684. The van der Waals surface area contributed by atoms with Crippen molar-refractivity contribution in [2.75, 3.05) is 7.05 Å². The molecule has 1 aromatic rings. The Morgan fingerprint density at radius 1 is 1.24 bits per heavy atom. The minimum Gasteiger partial charge on any atom is -0.293 e. The molecule has 1 aromatic carbocycles. The smallest absolute Gasteiger partial charge is 0.0887 e. The third kappa shape index (κ3) is 2.53. The lowest BCUT2D eigenvalue weighted by atomic mass is 9.65. The van der Waals surface area contributed by atoms with Crippen LogP contribution < -0.4 is 0 Å². The van der Waals surface area contributed by atoms with Crippen LogP contribution in [0, 0.1) is 11.8 Å². The molecule has 2 aliphatic rings. The third-order valence-corrected chi connectivity index (χ3v) is 5.76. The van der Waals surface area contributed by atoms with Crippen LogP contribution in [0.1, 0.15) is 57.6 Å². The first kappa shape index (κ1) is 15.1. The summed E-state index contributed by atoms with van der Waals surface area (Å²) >= 11 is 0. The van der Waals surface area contributed by atoms with Crippen molar-refractivity contribution in [3.63, 3.8) is 0 Å². The minimum atomic E-state index is -0.0342. The molecule has 0 spiro atoms. The molecule has 0 radical (unpaired) electrons. The van der Waals surface area contributed by atoms with Crippen LogP contribution in [0.4, 0.5) is 0 Å². The van der Waals surface area contributed by atoms with Gasteiger partial charge in [0.15, 0.2) is 0 Å². The molecule has 1 aliphatic heterocycles. The summed E-state index contributed by atoms with van der Waals surface area (Å²) in [7, 11) is 2.11. The molecule has 0 aromatic heterocycles. The number of fused-ring (bicyclic) bond motifs is 1. The van der Waals surface area contributed by atoms with Crippen LogP contribution in [0.5, 0.6) is 0 Å². The molecule has 0 N–H and O–H groups in total. The van der Waals surface area contributed by atoms with Gasteiger partial charge < -0.3 is 0 Å². The quantitative estimate of drug-likeness (QED) is 0.799. The maximum Gasteiger partial charge on any atom is 0.0887 e. The summed E-state index contributed by atoms with van der Waals surface area (Å²) in [6, 6.07) is 9.60. The van der Waals surface area contributed by atoms with E-state index in [1.54, 1.807) is 5.56 Å². The number of hydroxylamine groups is 2. The van der Waals surface area contributed by atoms with Crippen molar-refractivity contribution >= 4 is 0 Å². The average Bonchev–Trinajstić information content (AvgIpc) is 2.68. The van der Waals surface area contributed by atoms with Gasteiger partial charge in [-0.05, 0) is 56.1 Å². The van der Waals surface area contributed by atoms with Gasteiger partial charge in [-0.3, -0.25) is 4.84 Å². The molecule has 0 amide bonds. The van der Waals surface area contributed by atoms with Gasteiger partial charge in [-0.2, -0.15) is 5.06 Å². The molecule has 21 heavy (non-hydrogen) atoms. The molecular weight excluding hydrogens is 258 g/mol. The Bertz CT molecular complexity index is 510. The number of rotatable bonds is 2. The van der Waals surface area contributed by atoms with Crippen molar-refractivity contribution in [3.8, 4) is 0 Å². The Kier molecular flexibility index (Phi) is 3.87. The number of nitrogens with zero attached hydrogens (tertiary/aromatic N) is 1. The summed E-state index contributed by atoms with van der Waals surface area (Å²) in [4.78, 5) is 6.14. The van der Waals surface area contributed by atoms with Gasteiger partial charge in [-0.1, -0.05) is 38.1 Å². The van der Waals surface area contributed by atoms with Crippen LogP contribution in [-0.2, 0) is 11.3 Å². The summed E-state index contributed by atoms with van der Waals surface area (Å²) in [6.07, 6.45) is 3.67. The molecule has 2 fully saturated rings. The van der Waals surface area contributed by atoms with Gasteiger partial charge in [0.1, 0.15) is 0 Å². The average molecular weight is 287 g/mol. The summed E-state index contributed by atoms with van der Waals surface area (Å²) < 4.78 is 0. The fourth-order valence-corrected chi connectivity index (χ4v) is 4.84. The maximum absolute atomic E-state index is 6.14. The Hall–Kier alpha value is -0.860. The molecule has 1 saturated carbocycles. The van der Waals surface area contributed by atoms with E-state index in [2.05, 4.69) is 64.1 Å². The van der Waals surface area contributed by atoms with Gasteiger partial charge in [0.2, 0.25) is 0 Å². The zero-order valence-electron chi connectivity index (χ0n) is 14.1. The van der Waals surface area contributed by atoms with E-state index in [1.165, 1.54) is 18.4 Å². The Balaban J connectivity index is 1.91. The van der Waals surface area contributed by atoms with E-state index in [9.17, 15) is 0 Å². The number of hydrogen-bond donors (Lipinski definition) is 0. The largest absolute Gasteiger partial charge is 0.293 e. The SMILES string of the molecule is CCc1ccccc1C1CC(C)C2C(C1)C(C)(C)ON2C. The van der Waals surface area contributed by atoms with E-state index < -0.39 is 0 Å². The van der Waals surface area contributed by atoms with E-state index in [4.69, 9.17) is 4.84 Å².